The summed E-state index contributed by atoms with van der Waals surface area (Å²) >= 11 is 3.44. The summed E-state index contributed by atoms with van der Waals surface area (Å²) in [6.45, 7) is 3.40. The molecule has 0 fully saturated rings. The summed E-state index contributed by atoms with van der Waals surface area (Å²) in [5.74, 6) is 1.51. The molecule has 2 aromatic rings. The van der Waals surface area contributed by atoms with Gasteiger partial charge in [0.05, 0.1) is 11.1 Å². The van der Waals surface area contributed by atoms with Gasteiger partial charge in [0.2, 0.25) is 0 Å². The second-order valence-electron chi connectivity index (χ2n) is 4.01. The van der Waals surface area contributed by atoms with Gasteiger partial charge < -0.3 is 10.1 Å². The maximum Gasteiger partial charge on any atom is 0.161 e. The Hall–Kier alpha value is -1.46. The minimum atomic E-state index is 0.548. The Kier molecular flexibility index (Phi) is 4.87. The fourth-order valence-electron chi connectivity index (χ4n) is 1.81. The molecule has 0 bridgehead atoms. The Morgan fingerprint density at radius 2 is 2.11 bits per heavy atom. The number of rotatable bonds is 5. The van der Waals surface area contributed by atoms with E-state index in [1.807, 2.05) is 31.2 Å². The summed E-state index contributed by atoms with van der Waals surface area (Å²) in [4.78, 5) is 8.93. The highest BCUT2D eigenvalue weighted by Gasteiger charge is 2.10. The van der Waals surface area contributed by atoms with Crippen LogP contribution in [0.15, 0.2) is 34.9 Å². The average Bonchev–Trinajstić information content (AvgIpc) is 2.43. The molecule has 1 heterocycles. The molecule has 1 aromatic heterocycles. The molecule has 19 heavy (non-hydrogen) atoms. The van der Waals surface area contributed by atoms with Gasteiger partial charge in [0, 0.05) is 25.4 Å². The quantitative estimate of drug-likeness (QED) is 0.915. The van der Waals surface area contributed by atoms with Crippen LogP contribution in [0.3, 0.4) is 0 Å². The van der Waals surface area contributed by atoms with Crippen LogP contribution in [0.2, 0.25) is 0 Å². The van der Waals surface area contributed by atoms with Crippen LogP contribution in [0.25, 0.3) is 11.4 Å². The summed E-state index contributed by atoms with van der Waals surface area (Å²) in [6, 6.07) is 8.00. The van der Waals surface area contributed by atoms with Crippen LogP contribution in [0.1, 0.15) is 12.5 Å². The highest BCUT2D eigenvalue weighted by molar-refractivity contribution is 9.10. The molecule has 0 saturated carbocycles. The van der Waals surface area contributed by atoms with Crippen molar-refractivity contribution in [1.29, 1.82) is 0 Å². The number of methoxy groups -OCH3 is 1. The van der Waals surface area contributed by atoms with Crippen LogP contribution < -0.4 is 5.32 Å². The third-order valence-electron chi connectivity index (χ3n) is 2.65. The second-order valence-corrected chi connectivity index (χ2v) is 4.86. The lowest BCUT2D eigenvalue weighted by molar-refractivity contribution is 0.185. The topological polar surface area (TPSA) is 47.0 Å². The van der Waals surface area contributed by atoms with E-state index in [1.165, 1.54) is 0 Å². The van der Waals surface area contributed by atoms with E-state index in [-0.39, 0.29) is 0 Å². The van der Waals surface area contributed by atoms with Crippen LogP contribution in [0.4, 0.5) is 5.82 Å². The summed E-state index contributed by atoms with van der Waals surface area (Å²) in [5.41, 5.74) is 2.07. The maximum absolute atomic E-state index is 5.21. The van der Waals surface area contributed by atoms with Crippen molar-refractivity contribution in [2.24, 2.45) is 0 Å². The molecule has 0 atom stereocenters. The fraction of sp³-hybridized carbons (Fsp3) is 0.286. The SMILES string of the molecule is CCNc1nc(-c2ccccc2COC)ncc1Br. The first-order valence-electron chi connectivity index (χ1n) is 6.10. The zero-order chi connectivity index (χ0) is 13.7. The van der Waals surface area contributed by atoms with Gasteiger partial charge in [0.1, 0.15) is 5.82 Å². The molecule has 5 heteroatoms. The van der Waals surface area contributed by atoms with Gasteiger partial charge in [-0.05, 0) is 28.4 Å². The number of halogens is 1. The standard InChI is InChI=1S/C14H16BrN3O/c1-3-16-14-12(15)8-17-13(18-14)11-7-5-4-6-10(11)9-19-2/h4-8H,3,9H2,1-2H3,(H,16,17,18). The second kappa shape index (κ2) is 6.63. The predicted molar refractivity (Wildman–Crippen MR) is 80.0 cm³/mol. The zero-order valence-corrected chi connectivity index (χ0v) is 12.6. The molecule has 100 valence electrons. The monoisotopic (exact) mass is 321 g/mol. The van der Waals surface area contributed by atoms with Gasteiger partial charge in [-0.1, -0.05) is 24.3 Å². The molecule has 0 saturated heterocycles. The van der Waals surface area contributed by atoms with Crippen molar-refractivity contribution < 1.29 is 4.74 Å². The van der Waals surface area contributed by atoms with Gasteiger partial charge in [-0.3, -0.25) is 0 Å². The van der Waals surface area contributed by atoms with E-state index in [9.17, 15) is 0 Å². The van der Waals surface area contributed by atoms with Crippen LogP contribution >= 0.6 is 15.9 Å². The number of benzene rings is 1. The zero-order valence-electron chi connectivity index (χ0n) is 11.0. The summed E-state index contributed by atoms with van der Waals surface area (Å²) in [7, 11) is 1.68. The van der Waals surface area contributed by atoms with Crippen LogP contribution in [0.5, 0.6) is 0 Å². The molecule has 0 aliphatic rings. The molecule has 0 aliphatic carbocycles. The first-order chi connectivity index (χ1) is 9.26. The molecule has 1 aromatic carbocycles. The molecule has 0 unspecified atom stereocenters. The molecule has 0 aliphatic heterocycles. The van der Waals surface area contributed by atoms with Crippen molar-refractivity contribution in [3.8, 4) is 11.4 Å². The Morgan fingerprint density at radius 3 is 2.84 bits per heavy atom. The van der Waals surface area contributed by atoms with E-state index in [4.69, 9.17) is 4.74 Å². The van der Waals surface area contributed by atoms with Crippen molar-refractivity contribution >= 4 is 21.7 Å². The summed E-state index contributed by atoms with van der Waals surface area (Å²) in [5, 5.41) is 3.21. The van der Waals surface area contributed by atoms with Crippen molar-refractivity contribution in [1.82, 2.24) is 9.97 Å². The minimum absolute atomic E-state index is 0.548. The molecule has 0 amide bonds. The molecule has 2 rings (SSSR count). The van der Waals surface area contributed by atoms with Crippen LogP contribution in [-0.2, 0) is 11.3 Å². The van der Waals surface area contributed by atoms with Crippen molar-refractivity contribution in [2.75, 3.05) is 19.0 Å². The lowest BCUT2D eigenvalue weighted by Crippen LogP contribution is -2.03. The summed E-state index contributed by atoms with van der Waals surface area (Å²) < 4.78 is 6.07. The Morgan fingerprint density at radius 1 is 1.32 bits per heavy atom. The number of anilines is 1. The van der Waals surface area contributed by atoms with Crippen molar-refractivity contribution in [3.63, 3.8) is 0 Å². The molecule has 4 nitrogen and oxygen atoms in total. The first-order valence-corrected chi connectivity index (χ1v) is 6.89. The third-order valence-corrected chi connectivity index (χ3v) is 3.23. The molecule has 1 N–H and O–H groups in total. The first kappa shape index (κ1) is 14.0. The number of hydrogen-bond acceptors (Lipinski definition) is 4. The van der Waals surface area contributed by atoms with E-state index in [1.54, 1.807) is 13.3 Å². The fourth-order valence-corrected chi connectivity index (χ4v) is 2.14. The number of nitrogens with one attached hydrogen (secondary N) is 1. The third kappa shape index (κ3) is 3.30. The van der Waals surface area contributed by atoms with Gasteiger partial charge in [-0.15, -0.1) is 0 Å². The number of ether oxygens (including phenoxy) is 1. The van der Waals surface area contributed by atoms with Gasteiger partial charge in [0.25, 0.3) is 0 Å². The molecule has 0 radical (unpaired) electrons. The molecular weight excluding hydrogens is 306 g/mol. The van der Waals surface area contributed by atoms with Crippen molar-refractivity contribution in [2.45, 2.75) is 13.5 Å². The Bertz CT molecular complexity index is 560. The highest BCUT2D eigenvalue weighted by Crippen LogP contribution is 2.25. The average molecular weight is 322 g/mol. The van der Waals surface area contributed by atoms with E-state index < -0.39 is 0 Å². The van der Waals surface area contributed by atoms with Gasteiger partial charge in [0.15, 0.2) is 5.82 Å². The smallest absolute Gasteiger partial charge is 0.161 e. The Balaban J connectivity index is 2.44. The van der Waals surface area contributed by atoms with Gasteiger partial charge in [-0.25, -0.2) is 9.97 Å². The van der Waals surface area contributed by atoms with Gasteiger partial charge >= 0.3 is 0 Å². The largest absolute Gasteiger partial charge is 0.380 e. The number of nitrogens with zero attached hydrogens (tertiary/aromatic N) is 2. The highest BCUT2D eigenvalue weighted by atomic mass is 79.9. The minimum Gasteiger partial charge on any atom is -0.380 e. The van der Waals surface area contributed by atoms with Crippen LogP contribution in [0, 0.1) is 0 Å². The number of hydrogen-bond donors (Lipinski definition) is 1. The van der Waals surface area contributed by atoms with E-state index in [0.717, 1.165) is 28.0 Å². The van der Waals surface area contributed by atoms with E-state index >= 15 is 0 Å². The van der Waals surface area contributed by atoms with Crippen LogP contribution in [-0.4, -0.2) is 23.6 Å². The van der Waals surface area contributed by atoms with Crippen molar-refractivity contribution in [3.05, 3.63) is 40.5 Å². The summed E-state index contributed by atoms with van der Waals surface area (Å²) in [6.07, 6.45) is 1.77. The lowest BCUT2D eigenvalue weighted by atomic mass is 10.1. The molecule has 0 spiro atoms. The maximum atomic E-state index is 5.21. The normalized spacial score (nSPS) is 10.5. The van der Waals surface area contributed by atoms with Gasteiger partial charge in [-0.2, -0.15) is 0 Å². The molecular formula is C14H16BrN3O. The Labute approximate surface area is 121 Å². The predicted octanol–water partition coefficient (Wildman–Crippen LogP) is 3.48. The van der Waals surface area contributed by atoms with E-state index in [0.29, 0.717) is 12.4 Å². The van der Waals surface area contributed by atoms with E-state index in [2.05, 4.69) is 31.2 Å². The lowest BCUT2D eigenvalue weighted by Gasteiger charge is -2.10. The number of aromatic nitrogens is 2.